The number of anilines is 1. The van der Waals surface area contributed by atoms with Gasteiger partial charge in [0.2, 0.25) is 0 Å². The van der Waals surface area contributed by atoms with Crippen LogP contribution in [-0.4, -0.2) is 37.6 Å². The van der Waals surface area contributed by atoms with Gasteiger partial charge in [-0.05, 0) is 43.9 Å². The van der Waals surface area contributed by atoms with Crippen molar-refractivity contribution >= 4 is 11.7 Å². The summed E-state index contributed by atoms with van der Waals surface area (Å²) in [7, 11) is 2.14. The van der Waals surface area contributed by atoms with E-state index in [0.717, 1.165) is 26.1 Å². The normalized spacial score (nSPS) is 13.8. The Labute approximate surface area is 121 Å². The Morgan fingerprint density at radius 1 is 1.35 bits per heavy atom. The molecule has 0 fully saturated rings. The number of benzene rings is 1. The molecule has 0 saturated heterocycles. The van der Waals surface area contributed by atoms with Gasteiger partial charge in [-0.3, -0.25) is 0 Å². The Balaban J connectivity index is 1.99. The van der Waals surface area contributed by atoms with Gasteiger partial charge < -0.3 is 15.1 Å². The van der Waals surface area contributed by atoms with Crippen LogP contribution in [0.1, 0.15) is 31.4 Å². The molecule has 1 heterocycles. The number of aryl methyl sites for hydroxylation is 1. The maximum atomic E-state index is 11.9. The van der Waals surface area contributed by atoms with Crippen molar-refractivity contribution in [1.82, 2.24) is 10.2 Å². The van der Waals surface area contributed by atoms with E-state index in [0.29, 0.717) is 6.54 Å². The minimum atomic E-state index is 0.0184. The fourth-order valence-corrected chi connectivity index (χ4v) is 2.75. The summed E-state index contributed by atoms with van der Waals surface area (Å²) in [4.78, 5) is 16.0. The molecular formula is C16H25N3O. The largest absolute Gasteiger partial charge is 0.374 e. The van der Waals surface area contributed by atoms with E-state index in [1.165, 1.54) is 23.2 Å². The molecule has 20 heavy (non-hydrogen) atoms. The summed E-state index contributed by atoms with van der Waals surface area (Å²) in [6.07, 6.45) is 2.34. The molecule has 4 heteroatoms. The van der Waals surface area contributed by atoms with Crippen LogP contribution in [0.3, 0.4) is 0 Å². The van der Waals surface area contributed by atoms with Crippen molar-refractivity contribution in [2.24, 2.45) is 0 Å². The quantitative estimate of drug-likeness (QED) is 0.917. The Kier molecular flexibility index (Phi) is 4.88. The van der Waals surface area contributed by atoms with Gasteiger partial charge in [0.1, 0.15) is 0 Å². The van der Waals surface area contributed by atoms with Crippen LogP contribution in [0.25, 0.3) is 0 Å². The van der Waals surface area contributed by atoms with Gasteiger partial charge in [0.25, 0.3) is 0 Å². The molecule has 0 unspecified atom stereocenters. The fourth-order valence-electron chi connectivity index (χ4n) is 2.75. The summed E-state index contributed by atoms with van der Waals surface area (Å²) in [5.74, 6) is 0. The number of rotatable bonds is 4. The van der Waals surface area contributed by atoms with E-state index >= 15 is 0 Å². The van der Waals surface area contributed by atoms with E-state index in [9.17, 15) is 4.79 Å². The van der Waals surface area contributed by atoms with Crippen LogP contribution < -0.4 is 10.2 Å². The molecule has 0 spiro atoms. The van der Waals surface area contributed by atoms with Gasteiger partial charge in [-0.25, -0.2) is 4.79 Å². The van der Waals surface area contributed by atoms with Gasteiger partial charge in [0.05, 0.1) is 0 Å². The number of carbonyl (C=O) groups excluding carboxylic acids is 1. The van der Waals surface area contributed by atoms with Crippen molar-refractivity contribution in [1.29, 1.82) is 0 Å². The average molecular weight is 275 g/mol. The molecule has 1 aliphatic heterocycles. The zero-order chi connectivity index (χ0) is 14.5. The van der Waals surface area contributed by atoms with Crippen LogP contribution in [0.4, 0.5) is 10.5 Å². The summed E-state index contributed by atoms with van der Waals surface area (Å²) in [6, 6.07) is 6.54. The van der Waals surface area contributed by atoms with Crippen molar-refractivity contribution in [2.75, 3.05) is 31.6 Å². The van der Waals surface area contributed by atoms with Gasteiger partial charge in [-0.1, -0.05) is 12.1 Å². The smallest absolute Gasteiger partial charge is 0.317 e. The van der Waals surface area contributed by atoms with Crippen molar-refractivity contribution < 1.29 is 4.79 Å². The van der Waals surface area contributed by atoms with Crippen LogP contribution in [0, 0.1) is 0 Å². The van der Waals surface area contributed by atoms with Crippen molar-refractivity contribution in [3.63, 3.8) is 0 Å². The second-order valence-corrected chi connectivity index (χ2v) is 5.32. The molecule has 0 radical (unpaired) electrons. The molecule has 4 nitrogen and oxygen atoms in total. The fraction of sp³-hybridized carbons (Fsp3) is 0.562. The molecule has 0 aliphatic carbocycles. The Hall–Kier alpha value is -1.71. The highest BCUT2D eigenvalue weighted by Gasteiger charge is 2.14. The summed E-state index contributed by atoms with van der Waals surface area (Å²) >= 11 is 0. The minimum Gasteiger partial charge on any atom is -0.374 e. The minimum absolute atomic E-state index is 0.0184. The first-order chi connectivity index (χ1) is 9.65. The highest BCUT2D eigenvalue weighted by molar-refractivity contribution is 5.74. The van der Waals surface area contributed by atoms with Crippen LogP contribution in [0.5, 0.6) is 0 Å². The van der Waals surface area contributed by atoms with E-state index in [2.05, 4.69) is 35.5 Å². The van der Waals surface area contributed by atoms with Crippen LogP contribution in [0.2, 0.25) is 0 Å². The Bertz CT molecular complexity index is 469. The third kappa shape index (κ3) is 3.24. The number of hydrogen-bond acceptors (Lipinski definition) is 2. The van der Waals surface area contributed by atoms with Crippen molar-refractivity contribution in [2.45, 2.75) is 33.2 Å². The van der Waals surface area contributed by atoms with E-state index in [-0.39, 0.29) is 6.03 Å². The number of nitrogens with zero attached hydrogens (tertiary/aromatic N) is 2. The topological polar surface area (TPSA) is 35.6 Å². The van der Waals surface area contributed by atoms with Crippen LogP contribution >= 0.6 is 0 Å². The van der Waals surface area contributed by atoms with Gasteiger partial charge in [-0.2, -0.15) is 0 Å². The molecular weight excluding hydrogens is 250 g/mol. The molecule has 0 bridgehead atoms. The lowest BCUT2D eigenvalue weighted by molar-refractivity contribution is 0.203. The van der Waals surface area contributed by atoms with Crippen LogP contribution in [-0.2, 0) is 13.0 Å². The monoisotopic (exact) mass is 275 g/mol. The van der Waals surface area contributed by atoms with Crippen molar-refractivity contribution in [3.05, 3.63) is 29.3 Å². The zero-order valence-corrected chi connectivity index (χ0v) is 12.8. The number of carbonyl (C=O) groups is 1. The summed E-state index contributed by atoms with van der Waals surface area (Å²) < 4.78 is 0. The van der Waals surface area contributed by atoms with E-state index in [4.69, 9.17) is 0 Å². The lowest BCUT2D eigenvalue weighted by Crippen LogP contribution is -2.39. The SMILES string of the molecule is CCN(CC)C(=O)NCc1ccc2c(c1)CCCN2C. The highest BCUT2D eigenvalue weighted by atomic mass is 16.2. The Morgan fingerprint density at radius 2 is 2.10 bits per heavy atom. The average Bonchev–Trinajstić information content (AvgIpc) is 2.46. The first-order valence-electron chi connectivity index (χ1n) is 7.51. The third-order valence-corrected chi connectivity index (χ3v) is 3.99. The highest BCUT2D eigenvalue weighted by Crippen LogP contribution is 2.26. The van der Waals surface area contributed by atoms with Gasteiger partial charge in [0.15, 0.2) is 0 Å². The lowest BCUT2D eigenvalue weighted by Gasteiger charge is -2.28. The number of amides is 2. The summed E-state index contributed by atoms with van der Waals surface area (Å²) in [5, 5.41) is 2.99. The van der Waals surface area contributed by atoms with E-state index in [1.54, 1.807) is 4.90 Å². The predicted octanol–water partition coefficient (Wildman–Crippen LogP) is 2.62. The Morgan fingerprint density at radius 3 is 2.80 bits per heavy atom. The second kappa shape index (κ2) is 6.64. The zero-order valence-electron chi connectivity index (χ0n) is 12.8. The molecule has 0 aromatic heterocycles. The van der Waals surface area contributed by atoms with E-state index < -0.39 is 0 Å². The molecule has 0 atom stereocenters. The molecule has 0 saturated carbocycles. The first kappa shape index (κ1) is 14.7. The number of nitrogens with one attached hydrogen (secondary N) is 1. The first-order valence-corrected chi connectivity index (χ1v) is 7.51. The number of hydrogen-bond donors (Lipinski definition) is 1. The molecule has 1 N–H and O–H groups in total. The molecule has 2 rings (SSSR count). The molecule has 2 amide bonds. The molecule has 1 aliphatic rings. The van der Waals surface area contributed by atoms with Crippen molar-refractivity contribution in [3.8, 4) is 0 Å². The number of urea groups is 1. The van der Waals surface area contributed by atoms with Gasteiger partial charge >= 0.3 is 6.03 Å². The summed E-state index contributed by atoms with van der Waals surface area (Å²) in [5.41, 5.74) is 3.91. The molecule has 1 aromatic carbocycles. The predicted molar refractivity (Wildman–Crippen MR) is 83.2 cm³/mol. The second-order valence-electron chi connectivity index (χ2n) is 5.32. The van der Waals surface area contributed by atoms with E-state index in [1.807, 2.05) is 13.8 Å². The lowest BCUT2D eigenvalue weighted by atomic mass is 9.99. The maximum Gasteiger partial charge on any atom is 0.317 e. The third-order valence-electron chi connectivity index (χ3n) is 3.99. The molecule has 110 valence electrons. The maximum absolute atomic E-state index is 11.9. The standard InChI is InChI=1S/C16H25N3O/c1-4-19(5-2)16(20)17-12-13-8-9-15-14(11-13)7-6-10-18(15)3/h8-9,11H,4-7,10,12H2,1-3H3,(H,17,20). The van der Waals surface area contributed by atoms with Gasteiger partial charge in [-0.15, -0.1) is 0 Å². The summed E-state index contributed by atoms with van der Waals surface area (Å²) in [6.45, 7) is 7.22. The molecule has 1 aromatic rings. The number of fused-ring (bicyclic) bond motifs is 1. The van der Waals surface area contributed by atoms with Gasteiger partial charge in [0, 0.05) is 38.9 Å². The van der Waals surface area contributed by atoms with Crippen LogP contribution in [0.15, 0.2) is 18.2 Å².